The Balaban J connectivity index is 0.000000153. The fraction of sp³-hybridized carbons (Fsp3) is 0.329. The van der Waals surface area contributed by atoms with Gasteiger partial charge in [-0.15, -0.1) is 0 Å². The van der Waals surface area contributed by atoms with Crippen LogP contribution in [0.4, 0.5) is 21.9 Å². The van der Waals surface area contributed by atoms with Gasteiger partial charge in [0.15, 0.2) is 17.3 Å². The number of fused-ring (bicyclic) bond motifs is 3. The molecule has 0 bridgehead atoms. The van der Waals surface area contributed by atoms with Crippen LogP contribution in [0.3, 0.4) is 0 Å². The maximum atomic E-state index is 13.0. The van der Waals surface area contributed by atoms with Crippen molar-refractivity contribution >= 4 is 106 Å². The van der Waals surface area contributed by atoms with Crippen molar-refractivity contribution in [2.75, 3.05) is 56.6 Å². The molecule has 0 spiro atoms. The molecule has 2 aliphatic carbocycles. The van der Waals surface area contributed by atoms with Crippen LogP contribution in [0.5, 0.6) is 0 Å². The highest BCUT2D eigenvalue weighted by Crippen LogP contribution is 2.37. The lowest BCUT2D eigenvalue weighted by atomic mass is 9.80. The molecule has 4 atom stereocenters. The average molecular weight is 1500 g/mol. The number of aliphatic imine (C=N–C) groups is 1. The average Bonchev–Trinajstić information content (AvgIpc) is 1.59. The molecule has 6 aliphatic heterocycles. The van der Waals surface area contributed by atoms with Gasteiger partial charge in [-0.25, -0.2) is 4.79 Å². The third kappa shape index (κ3) is 20.1. The molecule has 28 nitrogen and oxygen atoms in total. The first kappa shape index (κ1) is 79.8. The van der Waals surface area contributed by atoms with Crippen LogP contribution in [0.2, 0.25) is 0 Å². The summed E-state index contributed by atoms with van der Waals surface area (Å²) in [7, 11) is 3.63. The third-order valence-electron chi connectivity index (χ3n) is 19.5. The number of carbonyl (C=O) groups is 14. The minimum atomic E-state index is -0.662. The van der Waals surface area contributed by atoms with Crippen LogP contribution in [0.1, 0.15) is 154 Å². The van der Waals surface area contributed by atoms with Gasteiger partial charge >= 0.3 is 6.09 Å². The number of carbonyl (C=O) groups excluding carboxylic acids is 14. The summed E-state index contributed by atoms with van der Waals surface area (Å²) < 4.78 is 4.82. The van der Waals surface area contributed by atoms with Gasteiger partial charge in [0.2, 0.25) is 35.4 Å². The van der Waals surface area contributed by atoms with Gasteiger partial charge in [0.25, 0.3) is 17.7 Å². The van der Waals surface area contributed by atoms with Gasteiger partial charge in [0, 0.05) is 155 Å². The van der Waals surface area contributed by atoms with Gasteiger partial charge in [-0.2, -0.15) is 0 Å². The second kappa shape index (κ2) is 37.7. The van der Waals surface area contributed by atoms with Crippen LogP contribution in [0.25, 0.3) is 0 Å². The number of aliphatic hydroxyl groups excluding tert-OH is 1. The summed E-state index contributed by atoms with van der Waals surface area (Å²) in [6, 6.07) is 43.1. The van der Waals surface area contributed by atoms with Crippen LogP contribution in [0.15, 0.2) is 174 Å². The Kier molecular flexibility index (Phi) is 27.3. The fourth-order valence-electron chi connectivity index (χ4n) is 14.0. The third-order valence-corrected chi connectivity index (χ3v) is 19.5. The Bertz CT molecular complexity index is 4600. The number of nitrogens with zero attached hydrogens (tertiary/aromatic N) is 5. The number of ketones is 3. The number of aliphatic hydroxyl groups is 1. The number of rotatable bonds is 18. The number of imide groups is 3. The molecule has 6 aromatic rings. The minimum absolute atomic E-state index is 0.0202. The summed E-state index contributed by atoms with van der Waals surface area (Å²) in [5.41, 5.74) is 16.0. The van der Waals surface area contributed by atoms with Crippen LogP contribution in [-0.4, -0.2) is 172 Å². The molecule has 6 aromatic carbocycles. The smallest absolute Gasteiger partial charge is 0.407 e. The van der Waals surface area contributed by atoms with Crippen molar-refractivity contribution in [3.8, 4) is 0 Å². The first-order valence-electron chi connectivity index (χ1n) is 36.4. The number of nitrogen functional groups attached to an aromatic ring is 1. The predicted octanol–water partition coefficient (Wildman–Crippen LogP) is 7.45. The summed E-state index contributed by atoms with van der Waals surface area (Å²) in [5, 5.41) is 26.2. The normalized spacial score (nSPS) is 19.9. The van der Waals surface area contributed by atoms with E-state index >= 15 is 0 Å². The minimum Gasteiger partial charge on any atom is -0.511 e. The maximum absolute atomic E-state index is 13.0. The van der Waals surface area contributed by atoms with Gasteiger partial charge in [0.1, 0.15) is 36.8 Å². The summed E-state index contributed by atoms with van der Waals surface area (Å²) >= 11 is 0. The molecule has 0 radical (unpaired) electrons. The van der Waals surface area contributed by atoms with Crippen molar-refractivity contribution in [3.05, 3.63) is 219 Å². The zero-order valence-corrected chi connectivity index (χ0v) is 61.3. The van der Waals surface area contributed by atoms with E-state index < -0.39 is 36.0 Å². The van der Waals surface area contributed by atoms with Crippen LogP contribution in [-0.2, 0) is 78.9 Å². The monoisotopic (exact) mass is 1500 g/mol. The molecule has 110 heavy (non-hydrogen) atoms. The van der Waals surface area contributed by atoms with Gasteiger partial charge in [-0.3, -0.25) is 78.5 Å². The van der Waals surface area contributed by atoms with Crippen LogP contribution >= 0.6 is 0 Å². The molecule has 6 heterocycles. The number of alkyl carbamates (subject to hydrolysis) is 1. The molecule has 1 saturated carbocycles. The molecule has 3 saturated heterocycles. The number of nitrogens with two attached hydrogens (primary N) is 1. The summed E-state index contributed by atoms with van der Waals surface area (Å²) in [6.45, 7) is 4.94. The Hall–Kier alpha value is -12.8. The van der Waals surface area contributed by atoms with E-state index in [-0.39, 0.29) is 121 Å². The number of piperidine rings is 3. The number of ether oxygens (including phenoxy) is 1. The van der Waals surface area contributed by atoms with Crippen molar-refractivity contribution in [2.24, 2.45) is 4.99 Å². The van der Waals surface area contributed by atoms with Gasteiger partial charge in [-0.05, 0) is 90.6 Å². The predicted molar refractivity (Wildman–Crippen MR) is 406 cm³/mol. The topological polar surface area (TPSA) is 392 Å². The summed E-state index contributed by atoms with van der Waals surface area (Å²) in [4.78, 5) is 176. The highest BCUT2D eigenvalue weighted by Gasteiger charge is 2.43. The van der Waals surface area contributed by atoms with Gasteiger partial charge < -0.3 is 55.9 Å². The number of benzene rings is 6. The lowest BCUT2D eigenvalue weighted by Gasteiger charge is -2.29. The summed E-state index contributed by atoms with van der Waals surface area (Å²) in [5.74, 6) is -2.80. The molecule has 4 fully saturated rings. The Morgan fingerprint density at radius 1 is 0.555 bits per heavy atom. The van der Waals surface area contributed by atoms with Crippen molar-refractivity contribution in [1.82, 2.24) is 40.9 Å². The van der Waals surface area contributed by atoms with E-state index in [1.165, 1.54) is 16.0 Å². The zero-order valence-electron chi connectivity index (χ0n) is 61.3. The number of hydrogen-bond acceptors (Lipinski definition) is 21. The lowest BCUT2D eigenvalue weighted by Crippen LogP contribution is -2.52. The number of anilines is 3. The van der Waals surface area contributed by atoms with Crippen molar-refractivity contribution < 1.29 is 77.0 Å². The molecule has 9 N–H and O–H groups in total. The molecular formula is C82H88N12O16. The second-order valence-corrected chi connectivity index (χ2v) is 27.4. The molecule has 14 rings (SSSR count). The van der Waals surface area contributed by atoms with E-state index in [0.717, 1.165) is 57.7 Å². The zero-order chi connectivity index (χ0) is 78.5. The van der Waals surface area contributed by atoms with Crippen molar-refractivity contribution in [1.29, 1.82) is 0 Å². The van der Waals surface area contributed by atoms with Crippen molar-refractivity contribution in [3.63, 3.8) is 0 Å². The molecule has 572 valence electrons. The number of aldehydes is 1. The molecule has 10 amide bonds. The van der Waals surface area contributed by atoms with Crippen LogP contribution in [0, 0.1) is 0 Å². The van der Waals surface area contributed by atoms with E-state index in [1.54, 1.807) is 52.4 Å². The quantitative estimate of drug-likeness (QED) is 0.00787. The number of nitrogens with one attached hydrogen (secondary N) is 6. The van der Waals surface area contributed by atoms with Gasteiger partial charge in [0.05, 0.1) is 24.2 Å². The molecular weight excluding hydrogens is 1410 g/mol. The standard InChI is InChI=1S/C28H28N4O5.C16H19N3O3.C15H17NO2.C13H13N3O3.C10H11NO3/c33-24-13-18(17-5-2-1-3-6-17)14-25(34)20(24)15-29-11-12-30-22-8-4-7-19-21(22)16-32(28(19)37)23-9-10-26(35)31-27(23)36;1-2-8-17-12-5-3-4-10-11(12)9-19(16(10)22)13-6-7-14(20)18-15(13)21;1-16(2)10-13-14(17)8-12(9-15(13)18)11-6-4-3-5-7-11;14-9-3-1-2-7-8(9)6-16(13(7)19)10-4-5-11(17)15-12(10)18;12-7-6-11-10(13)14-8-9-4-2-1-3-5-9/h1-8,15,18,23,30,33H,9-14,16H2,(H,31,35,36);3-5,13,17H,2,6-9H2,1H3,(H,18,20,21);3-7,10,12H,8-9H2,1-2H3;1-3,10H,4-6,14H2,(H,15,17,18);1-5,7H,6,8H2,(H,11,13). The fourth-order valence-corrected chi connectivity index (χ4v) is 14.0. The first-order valence-corrected chi connectivity index (χ1v) is 36.4. The lowest BCUT2D eigenvalue weighted by molar-refractivity contribution is -0.138. The van der Waals surface area contributed by atoms with Crippen LogP contribution < -0.4 is 37.6 Å². The van der Waals surface area contributed by atoms with E-state index in [1.807, 2.05) is 123 Å². The van der Waals surface area contributed by atoms with E-state index in [4.69, 9.17) is 10.5 Å². The highest BCUT2D eigenvalue weighted by atomic mass is 16.5. The summed E-state index contributed by atoms with van der Waals surface area (Å²) in [6.07, 6.45) is 7.50. The first-order chi connectivity index (χ1) is 53.0. The second-order valence-electron chi connectivity index (χ2n) is 27.4. The van der Waals surface area contributed by atoms with E-state index in [2.05, 4.69) is 43.8 Å². The molecule has 8 aliphatic rings. The van der Waals surface area contributed by atoms with Gasteiger partial charge in [-0.1, -0.05) is 116 Å². The van der Waals surface area contributed by atoms with Crippen molar-refractivity contribution in [2.45, 2.75) is 134 Å². The Labute approximate surface area is 635 Å². The Morgan fingerprint density at radius 2 is 0.982 bits per heavy atom. The SMILES string of the molecule is CCCNc1cccc2c1CN(C1CCC(=O)NC1=O)C2=O.CN(C)C=C1C(=O)CC(c2ccccc2)CC1=O.Nc1cccc2c1CN(C1CCC(=O)NC1=O)C2=O.O=C1CCC(N2Cc3c(NCCN=CC4=C(O)CC(c5ccccc5)CC4=O)cccc3C2=O)C(=O)N1.O=CCNC(=O)OCc1ccccc1. The number of Topliss-reactive ketones (excluding diaryl/α,β-unsaturated/α-hetero) is 3. The maximum Gasteiger partial charge on any atom is 0.407 e. The Morgan fingerprint density at radius 3 is 1.42 bits per heavy atom. The number of allylic oxidation sites excluding steroid dienone is 3. The number of amides is 10. The molecule has 4 unspecified atom stereocenters. The van der Waals surface area contributed by atoms with E-state index in [9.17, 15) is 72.2 Å². The van der Waals surface area contributed by atoms with E-state index in [0.29, 0.717) is 105 Å². The largest absolute Gasteiger partial charge is 0.511 e. The number of hydrogen-bond donors (Lipinski definition) is 8. The highest BCUT2D eigenvalue weighted by molar-refractivity contribution is 6.22. The molecule has 0 aromatic heterocycles. The molecule has 28 heteroatoms.